The van der Waals surface area contributed by atoms with Gasteiger partial charge in [0, 0.05) is 11.1 Å². The van der Waals surface area contributed by atoms with Crippen LogP contribution in [0.15, 0.2) is 54.6 Å². The molecule has 1 N–H and O–H groups in total. The average Bonchev–Trinajstić information content (AvgIpc) is 2.90. The van der Waals surface area contributed by atoms with Crippen molar-refractivity contribution in [3.8, 4) is 23.0 Å². The molecule has 0 aliphatic rings. The van der Waals surface area contributed by atoms with Crippen molar-refractivity contribution in [3.05, 3.63) is 76.3 Å². The van der Waals surface area contributed by atoms with Gasteiger partial charge < -0.3 is 24.3 Å². The van der Waals surface area contributed by atoms with Crippen LogP contribution in [0.1, 0.15) is 34.5 Å². The first-order valence-corrected chi connectivity index (χ1v) is 13.8. The van der Waals surface area contributed by atoms with Gasteiger partial charge in [-0.3, -0.25) is 9.10 Å². The van der Waals surface area contributed by atoms with Crippen LogP contribution in [-0.2, 0) is 16.6 Å². The molecule has 0 heterocycles. The van der Waals surface area contributed by atoms with Crippen LogP contribution in [0.3, 0.4) is 0 Å². The molecule has 0 fully saturated rings. The standard InChI is InChI=1S/C27H31ClN2O7S/c1-17(19-9-12-23(34-2)24(13-19)35-3)29-27(31)21-14-25(36-4)26(37-5)15-22(21)30(38(6,32)33)16-18-7-10-20(28)11-8-18/h7-15,17H,16H2,1-6H3,(H,29,31)/t17-/m0/s1. The second-order valence-electron chi connectivity index (χ2n) is 8.43. The third-order valence-electron chi connectivity index (χ3n) is 5.91. The van der Waals surface area contributed by atoms with Gasteiger partial charge in [0.2, 0.25) is 10.0 Å². The van der Waals surface area contributed by atoms with E-state index < -0.39 is 22.0 Å². The molecule has 0 spiro atoms. The highest BCUT2D eigenvalue weighted by Gasteiger charge is 2.27. The highest BCUT2D eigenvalue weighted by molar-refractivity contribution is 7.92. The highest BCUT2D eigenvalue weighted by atomic mass is 35.5. The Balaban J connectivity index is 2.06. The summed E-state index contributed by atoms with van der Waals surface area (Å²) in [6, 6.07) is 14.6. The number of sulfonamides is 1. The lowest BCUT2D eigenvalue weighted by Crippen LogP contribution is -2.33. The van der Waals surface area contributed by atoms with Crippen molar-refractivity contribution < 1.29 is 32.2 Å². The number of hydrogen-bond donors (Lipinski definition) is 1. The Kier molecular flexibility index (Phi) is 9.35. The maximum atomic E-state index is 13.6. The predicted octanol–water partition coefficient (Wildman–Crippen LogP) is 4.83. The molecule has 0 aromatic heterocycles. The van der Waals surface area contributed by atoms with E-state index in [0.717, 1.165) is 16.1 Å². The van der Waals surface area contributed by atoms with E-state index in [1.807, 2.05) is 13.0 Å². The Bertz CT molecular complexity index is 1400. The summed E-state index contributed by atoms with van der Waals surface area (Å²) >= 11 is 6.00. The second-order valence-corrected chi connectivity index (χ2v) is 10.8. The van der Waals surface area contributed by atoms with E-state index in [1.165, 1.54) is 33.5 Å². The monoisotopic (exact) mass is 562 g/mol. The number of anilines is 1. The zero-order valence-electron chi connectivity index (χ0n) is 22.1. The summed E-state index contributed by atoms with van der Waals surface area (Å²) in [5, 5.41) is 3.46. The van der Waals surface area contributed by atoms with Crippen LogP contribution in [-0.4, -0.2) is 49.0 Å². The van der Waals surface area contributed by atoms with Crippen LogP contribution in [0.25, 0.3) is 0 Å². The second kappa shape index (κ2) is 12.3. The number of rotatable bonds is 11. The molecule has 11 heteroatoms. The van der Waals surface area contributed by atoms with E-state index in [-0.39, 0.29) is 29.3 Å². The third-order valence-corrected chi connectivity index (χ3v) is 7.29. The molecule has 0 saturated heterocycles. The lowest BCUT2D eigenvalue weighted by molar-refractivity contribution is 0.0940. The van der Waals surface area contributed by atoms with Crippen molar-refractivity contribution in [1.82, 2.24) is 5.32 Å². The fourth-order valence-corrected chi connectivity index (χ4v) is 4.89. The van der Waals surface area contributed by atoms with Gasteiger partial charge in [0.15, 0.2) is 23.0 Å². The summed E-state index contributed by atoms with van der Waals surface area (Å²) in [5.41, 5.74) is 1.67. The van der Waals surface area contributed by atoms with Gasteiger partial charge in [-0.1, -0.05) is 29.8 Å². The van der Waals surface area contributed by atoms with E-state index >= 15 is 0 Å². The van der Waals surface area contributed by atoms with Crippen LogP contribution in [0.4, 0.5) is 5.69 Å². The molecule has 3 rings (SSSR count). The maximum absolute atomic E-state index is 13.6. The van der Waals surface area contributed by atoms with E-state index in [0.29, 0.717) is 22.1 Å². The van der Waals surface area contributed by atoms with Gasteiger partial charge in [-0.05, 0) is 48.4 Å². The normalized spacial score (nSPS) is 11.9. The van der Waals surface area contributed by atoms with E-state index in [9.17, 15) is 13.2 Å². The molecule has 0 aliphatic heterocycles. The first-order valence-electron chi connectivity index (χ1n) is 11.5. The Morgan fingerprint density at radius 1 is 0.868 bits per heavy atom. The van der Waals surface area contributed by atoms with Gasteiger partial charge in [-0.15, -0.1) is 0 Å². The van der Waals surface area contributed by atoms with Crippen LogP contribution < -0.4 is 28.6 Å². The summed E-state index contributed by atoms with van der Waals surface area (Å²) in [5.74, 6) is 1.12. The van der Waals surface area contributed by atoms with Gasteiger partial charge in [0.1, 0.15) is 0 Å². The minimum atomic E-state index is -3.83. The number of halogens is 1. The maximum Gasteiger partial charge on any atom is 0.254 e. The number of nitrogens with one attached hydrogen (secondary N) is 1. The van der Waals surface area contributed by atoms with Crippen molar-refractivity contribution in [3.63, 3.8) is 0 Å². The Morgan fingerprint density at radius 3 is 1.97 bits per heavy atom. The number of ether oxygens (including phenoxy) is 4. The van der Waals surface area contributed by atoms with Gasteiger partial charge in [0.25, 0.3) is 5.91 Å². The molecule has 0 aliphatic carbocycles. The predicted molar refractivity (Wildman–Crippen MR) is 147 cm³/mol. The Morgan fingerprint density at radius 2 is 1.42 bits per heavy atom. The van der Waals surface area contributed by atoms with Crippen LogP contribution in [0.2, 0.25) is 5.02 Å². The number of nitrogens with zero attached hydrogens (tertiary/aromatic N) is 1. The minimum absolute atomic E-state index is 0.0308. The smallest absolute Gasteiger partial charge is 0.254 e. The molecular weight excluding hydrogens is 532 g/mol. The molecule has 0 saturated carbocycles. The Hall–Kier alpha value is -3.63. The minimum Gasteiger partial charge on any atom is -0.493 e. The van der Waals surface area contributed by atoms with Gasteiger partial charge in [0.05, 0.1) is 58.5 Å². The molecule has 9 nitrogen and oxygen atoms in total. The number of hydrogen-bond acceptors (Lipinski definition) is 7. The van der Waals surface area contributed by atoms with Crippen molar-refractivity contribution >= 4 is 33.2 Å². The highest BCUT2D eigenvalue weighted by Crippen LogP contribution is 2.37. The number of benzene rings is 3. The molecule has 3 aromatic rings. The lowest BCUT2D eigenvalue weighted by atomic mass is 10.1. The van der Waals surface area contributed by atoms with Crippen LogP contribution in [0, 0.1) is 0 Å². The van der Waals surface area contributed by atoms with Crippen LogP contribution in [0.5, 0.6) is 23.0 Å². The van der Waals surface area contributed by atoms with E-state index in [2.05, 4.69) is 5.32 Å². The first kappa shape index (κ1) is 28.9. The SMILES string of the molecule is COc1ccc([C@H](C)NC(=O)c2cc(OC)c(OC)cc2N(Cc2ccc(Cl)cc2)S(C)(=O)=O)cc1OC. The molecule has 1 amide bonds. The van der Waals surface area contributed by atoms with E-state index in [1.54, 1.807) is 43.5 Å². The Labute approximate surface area is 228 Å². The fourth-order valence-electron chi connectivity index (χ4n) is 3.87. The average molecular weight is 563 g/mol. The van der Waals surface area contributed by atoms with Crippen molar-refractivity contribution in [2.75, 3.05) is 39.0 Å². The summed E-state index contributed by atoms with van der Waals surface area (Å²) in [6.07, 6.45) is 1.08. The zero-order chi connectivity index (χ0) is 28.0. The number of methoxy groups -OCH3 is 4. The summed E-state index contributed by atoms with van der Waals surface area (Å²) in [4.78, 5) is 13.6. The topological polar surface area (TPSA) is 103 Å². The zero-order valence-corrected chi connectivity index (χ0v) is 23.6. The lowest BCUT2D eigenvalue weighted by Gasteiger charge is -2.26. The number of amides is 1. The number of carbonyl (C=O) groups excluding carboxylic acids is 1. The quantitative estimate of drug-likeness (QED) is 0.357. The molecule has 0 bridgehead atoms. The molecule has 1 atom stereocenters. The largest absolute Gasteiger partial charge is 0.493 e. The van der Waals surface area contributed by atoms with Gasteiger partial charge in [-0.25, -0.2) is 8.42 Å². The summed E-state index contributed by atoms with van der Waals surface area (Å²) in [7, 11) is 2.11. The molecular formula is C27H31ClN2O7S. The summed E-state index contributed by atoms with van der Waals surface area (Å²) in [6.45, 7) is 1.78. The molecule has 3 aromatic carbocycles. The fraction of sp³-hybridized carbons (Fsp3) is 0.296. The van der Waals surface area contributed by atoms with Gasteiger partial charge >= 0.3 is 0 Å². The third kappa shape index (κ3) is 6.62. The first-order chi connectivity index (χ1) is 18.0. The molecule has 0 unspecified atom stereocenters. The van der Waals surface area contributed by atoms with Gasteiger partial charge in [-0.2, -0.15) is 0 Å². The van der Waals surface area contributed by atoms with Crippen LogP contribution >= 0.6 is 11.6 Å². The molecule has 38 heavy (non-hydrogen) atoms. The number of carbonyl (C=O) groups is 1. The van der Waals surface area contributed by atoms with Crippen molar-refractivity contribution in [1.29, 1.82) is 0 Å². The van der Waals surface area contributed by atoms with E-state index in [4.69, 9.17) is 30.5 Å². The van der Waals surface area contributed by atoms with Crippen molar-refractivity contribution in [2.24, 2.45) is 0 Å². The molecule has 0 radical (unpaired) electrons. The van der Waals surface area contributed by atoms with Crippen molar-refractivity contribution in [2.45, 2.75) is 19.5 Å². The summed E-state index contributed by atoms with van der Waals surface area (Å²) < 4.78 is 48.6. The molecule has 204 valence electrons.